The van der Waals surface area contributed by atoms with Crippen molar-refractivity contribution >= 4 is 5.91 Å². The summed E-state index contributed by atoms with van der Waals surface area (Å²) in [6.45, 7) is 11.3. The SMILES string of the molecule is C=C(C)COc1ccccc1CN1CCN(C(=O)[C@H]2CCCO2)CC1. The zero-order valence-electron chi connectivity index (χ0n) is 15.1. The highest BCUT2D eigenvalue weighted by molar-refractivity contribution is 5.81. The molecule has 0 unspecified atom stereocenters. The average Bonchev–Trinajstić information content (AvgIpc) is 3.15. The van der Waals surface area contributed by atoms with Crippen molar-refractivity contribution < 1.29 is 14.3 Å². The quantitative estimate of drug-likeness (QED) is 0.744. The summed E-state index contributed by atoms with van der Waals surface area (Å²) < 4.78 is 11.4. The van der Waals surface area contributed by atoms with E-state index in [1.165, 1.54) is 5.56 Å². The maximum atomic E-state index is 12.4. The van der Waals surface area contributed by atoms with Crippen LogP contribution in [-0.4, -0.2) is 61.2 Å². The second-order valence-electron chi connectivity index (χ2n) is 6.96. The van der Waals surface area contributed by atoms with Crippen LogP contribution < -0.4 is 4.74 Å². The third-order valence-electron chi connectivity index (χ3n) is 4.73. The fourth-order valence-electron chi connectivity index (χ4n) is 3.32. The summed E-state index contributed by atoms with van der Waals surface area (Å²) in [5.74, 6) is 1.09. The van der Waals surface area contributed by atoms with Crippen molar-refractivity contribution in [2.45, 2.75) is 32.4 Å². The molecule has 136 valence electrons. The summed E-state index contributed by atoms with van der Waals surface area (Å²) in [4.78, 5) is 16.8. The topological polar surface area (TPSA) is 42.0 Å². The van der Waals surface area contributed by atoms with E-state index in [2.05, 4.69) is 17.5 Å². The fraction of sp³-hybridized carbons (Fsp3) is 0.550. The van der Waals surface area contributed by atoms with Crippen molar-refractivity contribution in [2.75, 3.05) is 39.4 Å². The molecule has 2 fully saturated rings. The van der Waals surface area contributed by atoms with Crippen molar-refractivity contribution in [2.24, 2.45) is 0 Å². The van der Waals surface area contributed by atoms with Gasteiger partial charge in [-0.2, -0.15) is 0 Å². The highest BCUT2D eigenvalue weighted by atomic mass is 16.5. The molecular weight excluding hydrogens is 316 g/mol. The minimum absolute atomic E-state index is 0.169. The Kier molecular flexibility index (Phi) is 6.10. The molecule has 0 aromatic heterocycles. The van der Waals surface area contributed by atoms with Gasteiger partial charge in [0.15, 0.2) is 0 Å². The lowest BCUT2D eigenvalue weighted by molar-refractivity contribution is -0.142. The van der Waals surface area contributed by atoms with Crippen molar-refractivity contribution in [1.29, 1.82) is 0 Å². The van der Waals surface area contributed by atoms with E-state index < -0.39 is 0 Å². The first kappa shape index (κ1) is 18.0. The van der Waals surface area contributed by atoms with Crippen LogP contribution in [0.4, 0.5) is 0 Å². The molecule has 2 saturated heterocycles. The normalized spacial score (nSPS) is 21.3. The monoisotopic (exact) mass is 344 g/mol. The van der Waals surface area contributed by atoms with Gasteiger partial charge in [-0.05, 0) is 31.4 Å². The molecule has 1 aromatic carbocycles. The van der Waals surface area contributed by atoms with E-state index in [4.69, 9.17) is 9.47 Å². The van der Waals surface area contributed by atoms with Gasteiger partial charge in [0.2, 0.25) is 0 Å². The highest BCUT2D eigenvalue weighted by Crippen LogP contribution is 2.22. The number of rotatable bonds is 6. The molecule has 5 heteroatoms. The minimum Gasteiger partial charge on any atom is -0.489 e. The maximum Gasteiger partial charge on any atom is 0.251 e. The predicted molar refractivity (Wildman–Crippen MR) is 97.6 cm³/mol. The Hall–Kier alpha value is -1.85. The molecule has 0 saturated carbocycles. The van der Waals surface area contributed by atoms with E-state index in [9.17, 15) is 4.79 Å². The van der Waals surface area contributed by atoms with Gasteiger partial charge in [-0.1, -0.05) is 24.8 Å². The van der Waals surface area contributed by atoms with Crippen molar-refractivity contribution in [3.8, 4) is 5.75 Å². The second kappa shape index (κ2) is 8.50. The van der Waals surface area contributed by atoms with Crippen LogP contribution in [0.25, 0.3) is 0 Å². The van der Waals surface area contributed by atoms with E-state index in [0.29, 0.717) is 6.61 Å². The lowest BCUT2D eigenvalue weighted by atomic mass is 10.1. The Morgan fingerprint density at radius 3 is 2.72 bits per heavy atom. The van der Waals surface area contributed by atoms with Crippen LogP contribution in [0.15, 0.2) is 36.4 Å². The van der Waals surface area contributed by atoms with Crippen LogP contribution in [0, 0.1) is 0 Å². The van der Waals surface area contributed by atoms with Crippen molar-refractivity contribution in [3.05, 3.63) is 42.0 Å². The summed E-state index contributed by atoms with van der Waals surface area (Å²) in [6.07, 6.45) is 1.66. The molecule has 2 heterocycles. The molecule has 1 atom stereocenters. The Morgan fingerprint density at radius 1 is 1.28 bits per heavy atom. The zero-order valence-corrected chi connectivity index (χ0v) is 15.1. The molecule has 5 nitrogen and oxygen atoms in total. The molecule has 0 N–H and O–H groups in total. The molecule has 1 amide bonds. The van der Waals surface area contributed by atoms with E-state index in [0.717, 1.165) is 63.5 Å². The van der Waals surface area contributed by atoms with Gasteiger partial charge >= 0.3 is 0 Å². The number of piperazine rings is 1. The summed E-state index contributed by atoms with van der Waals surface area (Å²) in [5, 5.41) is 0. The molecule has 0 aliphatic carbocycles. The molecule has 0 radical (unpaired) electrons. The summed E-state index contributed by atoms with van der Waals surface area (Å²) in [7, 11) is 0. The van der Waals surface area contributed by atoms with Gasteiger partial charge in [0, 0.05) is 44.9 Å². The maximum absolute atomic E-state index is 12.4. The molecular formula is C20H28N2O3. The van der Waals surface area contributed by atoms with Gasteiger partial charge in [-0.15, -0.1) is 0 Å². The molecule has 0 spiro atoms. The number of ether oxygens (including phenoxy) is 2. The Labute approximate surface area is 150 Å². The average molecular weight is 344 g/mol. The van der Waals surface area contributed by atoms with Gasteiger partial charge in [-0.3, -0.25) is 9.69 Å². The molecule has 2 aliphatic rings. The summed E-state index contributed by atoms with van der Waals surface area (Å²) >= 11 is 0. The van der Waals surface area contributed by atoms with E-state index in [-0.39, 0.29) is 12.0 Å². The third kappa shape index (κ3) is 4.83. The lowest BCUT2D eigenvalue weighted by Gasteiger charge is -2.36. The number of nitrogens with zero attached hydrogens (tertiary/aromatic N) is 2. The number of para-hydroxylation sites is 1. The largest absolute Gasteiger partial charge is 0.489 e. The standard InChI is InChI=1S/C20H28N2O3/c1-16(2)15-25-18-7-4-3-6-17(18)14-21-9-11-22(12-10-21)20(23)19-8-5-13-24-19/h3-4,6-7,19H,1,5,8-15H2,2H3/t19-/m1/s1. The molecule has 2 aliphatic heterocycles. The third-order valence-corrected chi connectivity index (χ3v) is 4.73. The number of benzene rings is 1. The minimum atomic E-state index is -0.206. The van der Waals surface area contributed by atoms with Gasteiger partial charge in [0.1, 0.15) is 18.5 Å². The number of amides is 1. The molecule has 25 heavy (non-hydrogen) atoms. The zero-order chi connectivity index (χ0) is 17.6. The van der Waals surface area contributed by atoms with Gasteiger partial charge in [0.05, 0.1) is 0 Å². The second-order valence-corrected chi connectivity index (χ2v) is 6.96. The molecule has 0 bridgehead atoms. The Balaban J connectivity index is 1.52. The lowest BCUT2D eigenvalue weighted by Crippen LogP contribution is -2.51. The molecule has 3 rings (SSSR count). The van der Waals surface area contributed by atoms with Gasteiger partial charge in [0.25, 0.3) is 5.91 Å². The van der Waals surface area contributed by atoms with Gasteiger partial charge < -0.3 is 14.4 Å². The van der Waals surface area contributed by atoms with Gasteiger partial charge in [-0.25, -0.2) is 0 Å². The first-order chi connectivity index (χ1) is 12.1. The number of hydrogen-bond acceptors (Lipinski definition) is 4. The number of hydrogen-bond donors (Lipinski definition) is 0. The van der Waals surface area contributed by atoms with Crippen LogP contribution >= 0.6 is 0 Å². The fourth-order valence-corrected chi connectivity index (χ4v) is 3.32. The predicted octanol–water partition coefficient (Wildman–Crippen LogP) is 2.46. The van der Waals surface area contributed by atoms with Crippen molar-refractivity contribution in [3.63, 3.8) is 0 Å². The van der Waals surface area contributed by atoms with E-state index >= 15 is 0 Å². The first-order valence-corrected chi connectivity index (χ1v) is 9.11. The van der Waals surface area contributed by atoms with Crippen LogP contribution in [0.5, 0.6) is 5.75 Å². The van der Waals surface area contributed by atoms with Crippen LogP contribution in [0.2, 0.25) is 0 Å². The van der Waals surface area contributed by atoms with Crippen LogP contribution in [0.3, 0.4) is 0 Å². The Morgan fingerprint density at radius 2 is 2.04 bits per heavy atom. The van der Waals surface area contributed by atoms with Crippen LogP contribution in [-0.2, 0) is 16.1 Å². The summed E-state index contributed by atoms with van der Waals surface area (Å²) in [6, 6.07) is 8.16. The van der Waals surface area contributed by atoms with Crippen LogP contribution in [0.1, 0.15) is 25.3 Å². The number of carbonyl (C=O) groups excluding carboxylic acids is 1. The van der Waals surface area contributed by atoms with Crippen molar-refractivity contribution in [1.82, 2.24) is 9.80 Å². The van der Waals surface area contributed by atoms with E-state index in [1.54, 1.807) is 0 Å². The van der Waals surface area contributed by atoms with E-state index in [1.807, 2.05) is 30.0 Å². The first-order valence-electron chi connectivity index (χ1n) is 9.11. The smallest absolute Gasteiger partial charge is 0.251 e. The highest BCUT2D eigenvalue weighted by Gasteiger charge is 2.30. The number of carbonyl (C=O) groups is 1. The molecule has 1 aromatic rings. The Bertz CT molecular complexity index is 603. The summed E-state index contributed by atoms with van der Waals surface area (Å²) in [5.41, 5.74) is 2.19.